The number of benzene rings is 1. The van der Waals surface area contributed by atoms with Gasteiger partial charge in [-0.3, -0.25) is 0 Å². The van der Waals surface area contributed by atoms with Crippen LogP contribution in [0.1, 0.15) is 33.3 Å². The maximum absolute atomic E-state index is 5.90. The molecule has 136 valence electrons. The summed E-state index contributed by atoms with van der Waals surface area (Å²) in [5.41, 5.74) is 3.80. The Morgan fingerprint density at radius 2 is 1.69 bits per heavy atom. The zero-order valence-corrected chi connectivity index (χ0v) is 16.3. The fraction of sp³-hybridized carbons (Fsp3) is 0.389. The molecule has 0 fully saturated rings. The Kier molecular flexibility index (Phi) is 6.29. The van der Waals surface area contributed by atoms with E-state index in [2.05, 4.69) is 44.2 Å². The van der Waals surface area contributed by atoms with E-state index in [1.165, 1.54) is 5.56 Å². The second kappa shape index (κ2) is 8.66. The van der Waals surface area contributed by atoms with Gasteiger partial charge in [-0.25, -0.2) is 15.0 Å². The van der Waals surface area contributed by atoms with Gasteiger partial charge >= 0.3 is 7.12 Å². The molecule has 0 aliphatic carbocycles. The predicted molar refractivity (Wildman–Crippen MR) is 106 cm³/mol. The minimum Gasteiger partial charge on any atom is -0.405 e. The van der Waals surface area contributed by atoms with Crippen LogP contribution in [-0.2, 0) is 15.1 Å². The largest absolute Gasteiger partial charge is 0.494 e. The van der Waals surface area contributed by atoms with Crippen molar-refractivity contribution in [3.63, 3.8) is 0 Å². The predicted octanol–water partition coefficient (Wildman–Crippen LogP) is 3.19. The van der Waals surface area contributed by atoms with E-state index in [-0.39, 0.29) is 19.3 Å². The topological polar surface area (TPSA) is 72.9 Å². The van der Waals surface area contributed by atoms with Gasteiger partial charge < -0.3 is 14.3 Å². The minimum absolute atomic E-state index is 0.100. The molecular weight excluding hydrogens is 347 g/mol. The van der Waals surface area contributed by atoms with Gasteiger partial charge in [0.15, 0.2) is 5.65 Å². The Labute approximate surface area is 158 Å². The fourth-order valence-electron chi connectivity index (χ4n) is 2.45. The van der Waals surface area contributed by atoms with E-state index in [9.17, 15) is 0 Å². The Bertz CT molecular complexity index is 829. The van der Waals surface area contributed by atoms with E-state index in [1.54, 1.807) is 24.4 Å². The van der Waals surface area contributed by atoms with Crippen LogP contribution in [0.3, 0.4) is 0 Å². The summed E-state index contributed by atoms with van der Waals surface area (Å²) >= 11 is 1.65. The molecule has 0 saturated carbocycles. The summed E-state index contributed by atoms with van der Waals surface area (Å²) in [6.07, 6.45) is 3.40. The highest BCUT2D eigenvalue weighted by Gasteiger charge is 2.24. The third kappa shape index (κ3) is 4.84. The standard InChI is InChI=1S/C18H23BN4O2S/c1-12(2)24-19(25-13(3)4)15-7-5-14(6-8-15)9-26-18-16-17(21-10-20-16)22-11-23-18/h5-8,10-13H,9H2,1-4H3,(H,20,21,22,23). The minimum atomic E-state index is -0.345. The van der Waals surface area contributed by atoms with Gasteiger partial charge in [0.1, 0.15) is 16.9 Å². The van der Waals surface area contributed by atoms with Gasteiger partial charge in [0, 0.05) is 18.0 Å². The Hall–Kier alpha value is -1.90. The first kappa shape index (κ1) is 18.9. The molecule has 3 aromatic rings. The first-order valence-corrected chi connectivity index (χ1v) is 9.68. The number of aromatic amines is 1. The van der Waals surface area contributed by atoms with E-state index >= 15 is 0 Å². The molecule has 2 aromatic heterocycles. The fourth-order valence-corrected chi connectivity index (χ4v) is 3.36. The molecule has 0 saturated heterocycles. The van der Waals surface area contributed by atoms with Crippen molar-refractivity contribution in [3.05, 3.63) is 42.5 Å². The van der Waals surface area contributed by atoms with Crippen LogP contribution in [0.4, 0.5) is 0 Å². The molecule has 0 aliphatic rings. The molecule has 0 amide bonds. The lowest BCUT2D eigenvalue weighted by Crippen LogP contribution is -2.40. The summed E-state index contributed by atoms with van der Waals surface area (Å²) in [5.74, 6) is 0.806. The van der Waals surface area contributed by atoms with Crippen LogP contribution in [0.15, 0.2) is 41.9 Å². The molecule has 0 bridgehead atoms. The quantitative estimate of drug-likeness (QED) is 0.373. The Balaban J connectivity index is 1.67. The molecule has 0 aliphatic heterocycles. The molecule has 2 heterocycles. The summed E-state index contributed by atoms with van der Waals surface area (Å²) in [7, 11) is -0.345. The highest BCUT2D eigenvalue weighted by molar-refractivity contribution is 7.98. The molecule has 1 aromatic carbocycles. The summed E-state index contributed by atoms with van der Waals surface area (Å²) in [5, 5.41) is 0.879. The summed E-state index contributed by atoms with van der Waals surface area (Å²) < 4.78 is 11.8. The zero-order valence-electron chi connectivity index (χ0n) is 15.5. The van der Waals surface area contributed by atoms with Crippen LogP contribution in [0.2, 0.25) is 0 Å². The monoisotopic (exact) mass is 370 g/mol. The molecule has 1 N–H and O–H groups in total. The first-order chi connectivity index (χ1) is 12.5. The number of nitrogens with zero attached hydrogens (tertiary/aromatic N) is 3. The number of hydrogen-bond donors (Lipinski definition) is 1. The van der Waals surface area contributed by atoms with Crippen molar-refractivity contribution in [2.75, 3.05) is 0 Å². The number of thioether (sulfide) groups is 1. The number of fused-ring (bicyclic) bond motifs is 1. The number of imidazole rings is 1. The lowest BCUT2D eigenvalue weighted by molar-refractivity contribution is 0.139. The van der Waals surface area contributed by atoms with Crippen LogP contribution in [0.5, 0.6) is 0 Å². The summed E-state index contributed by atoms with van der Waals surface area (Å²) in [6, 6.07) is 8.34. The lowest BCUT2D eigenvalue weighted by atomic mass is 9.78. The maximum atomic E-state index is 5.90. The van der Waals surface area contributed by atoms with Crippen LogP contribution in [-0.4, -0.2) is 39.3 Å². The van der Waals surface area contributed by atoms with Crippen molar-refractivity contribution >= 4 is 35.5 Å². The van der Waals surface area contributed by atoms with E-state index in [1.807, 2.05) is 27.7 Å². The summed E-state index contributed by atoms with van der Waals surface area (Å²) in [6.45, 7) is 8.05. The van der Waals surface area contributed by atoms with Gasteiger partial charge in [-0.2, -0.15) is 0 Å². The van der Waals surface area contributed by atoms with E-state index in [0.717, 1.165) is 27.4 Å². The van der Waals surface area contributed by atoms with E-state index in [0.29, 0.717) is 0 Å². The van der Waals surface area contributed by atoms with E-state index < -0.39 is 0 Å². The van der Waals surface area contributed by atoms with Gasteiger partial charge in [0.25, 0.3) is 0 Å². The van der Waals surface area contributed by atoms with Crippen LogP contribution < -0.4 is 5.46 Å². The average molecular weight is 370 g/mol. The van der Waals surface area contributed by atoms with Crippen LogP contribution in [0, 0.1) is 0 Å². The van der Waals surface area contributed by atoms with Crippen molar-refractivity contribution < 1.29 is 9.31 Å². The van der Waals surface area contributed by atoms with Crippen LogP contribution >= 0.6 is 11.8 Å². The van der Waals surface area contributed by atoms with Crippen molar-refractivity contribution in [1.29, 1.82) is 0 Å². The van der Waals surface area contributed by atoms with Crippen molar-refractivity contribution in [2.45, 2.75) is 50.7 Å². The van der Waals surface area contributed by atoms with Gasteiger partial charge in [-0.05, 0) is 38.7 Å². The molecular formula is C18H23BN4O2S. The zero-order chi connectivity index (χ0) is 18.5. The molecule has 0 unspecified atom stereocenters. The number of nitrogens with one attached hydrogen (secondary N) is 1. The normalized spacial score (nSPS) is 11.6. The molecule has 3 rings (SSSR count). The van der Waals surface area contributed by atoms with Gasteiger partial charge in [0.05, 0.1) is 6.33 Å². The number of H-pyrrole nitrogens is 1. The molecule has 0 atom stereocenters. The van der Waals surface area contributed by atoms with Crippen LogP contribution in [0.25, 0.3) is 11.2 Å². The smallest absolute Gasteiger partial charge is 0.405 e. The first-order valence-electron chi connectivity index (χ1n) is 8.69. The average Bonchev–Trinajstić information content (AvgIpc) is 3.08. The van der Waals surface area contributed by atoms with Gasteiger partial charge in [-0.1, -0.05) is 36.0 Å². The van der Waals surface area contributed by atoms with E-state index in [4.69, 9.17) is 9.31 Å². The molecule has 0 spiro atoms. The third-order valence-corrected chi connectivity index (χ3v) is 4.65. The Morgan fingerprint density at radius 3 is 2.35 bits per heavy atom. The molecule has 0 radical (unpaired) electrons. The van der Waals surface area contributed by atoms with Crippen molar-refractivity contribution in [2.24, 2.45) is 0 Å². The number of hydrogen-bond acceptors (Lipinski definition) is 6. The van der Waals surface area contributed by atoms with Crippen molar-refractivity contribution in [1.82, 2.24) is 19.9 Å². The molecule has 6 nitrogen and oxygen atoms in total. The van der Waals surface area contributed by atoms with Gasteiger partial charge in [0.2, 0.25) is 0 Å². The highest BCUT2D eigenvalue weighted by Crippen LogP contribution is 2.25. The number of aromatic nitrogens is 4. The third-order valence-electron chi connectivity index (χ3n) is 3.60. The molecule has 26 heavy (non-hydrogen) atoms. The molecule has 8 heteroatoms. The van der Waals surface area contributed by atoms with Crippen molar-refractivity contribution in [3.8, 4) is 0 Å². The lowest BCUT2D eigenvalue weighted by Gasteiger charge is -2.20. The summed E-state index contributed by atoms with van der Waals surface area (Å²) in [4.78, 5) is 15.8. The second-order valence-corrected chi connectivity index (χ2v) is 7.47. The highest BCUT2D eigenvalue weighted by atomic mass is 32.2. The Morgan fingerprint density at radius 1 is 1.00 bits per heavy atom. The number of rotatable bonds is 8. The second-order valence-electron chi connectivity index (χ2n) is 6.51. The SMILES string of the molecule is CC(C)OB(OC(C)C)c1ccc(CSc2ncnc3[nH]cnc23)cc1. The van der Waals surface area contributed by atoms with Gasteiger partial charge in [-0.15, -0.1) is 0 Å². The maximum Gasteiger partial charge on any atom is 0.494 e.